The van der Waals surface area contributed by atoms with Gasteiger partial charge in [0.1, 0.15) is 0 Å². The number of hydrogen-bond acceptors (Lipinski definition) is 5. The van der Waals surface area contributed by atoms with Gasteiger partial charge in [0.2, 0.25) is 0 Å². The Bertz CT molecular complexity index is 778. The normalized spacial score (nSPS) is 13.6. The van der Waals surface area contributed by atoms with E-state index in [1.165, 1.54) is 6.07 Å². The van der Waals surface area contributed by atoms with Crippen LogP contribution in [0.25, 0.3) is 0 Å². The van der Waals surface area contributed by atoms with Gasteiger partial charge in [-0.2, -0.15) is 0 Å². The minimum atomic E-state index is -4.19. The molecular weight excluding hydrogens is 435 g/mol. The fraction of sp³-hybridized carbons (Fsp3) is 0.696. The summed E-state index contributed by atoms with van der Waals surface area (Å²) in [6.45, 7) is 5.33. The van der Waals surface area contributed by atoms with Gasteiger partial charge in [0.05, 0.1) is 0 Å². The summed E-state index contributed by atoms with van der Waals surface area (Å²) in [5, 5.41) is 19.1. The first kappa shape index (κ1) is 27.9. The Hall–Kier alpha value is -1.17. The summed E-state index contributed by atoms with van der Waals surface area (Å²) in [4.78, 5) is 11.2. The van der Waals surface area contributed by atoms with Crippen LogP contribution in [-0.2, 0) is 14.1 Å². The van der Waals surface area contributed by atoms with Crippen molar-refractivity contribution in [2.24, 2.45) is 0 Å². The van der Waals surface area contributed by atoms with Crippen molar-refractivity contribution >= 4 is 22.9 Å². The van der Waals surface area contributed by atoms with E-state index in [9.17, 15) is 23.4 Å². The maximum absolute atomic E-state index is 13.5. The molecule has 0 spiro atoms. The number of aromatic hydroxyl groups is 1. The van der Waals surface area contributed by atoms with Crippen LogP contribution in [0.4, 0.5) is 0 Å². The molecule has 0 bridgehead atoms. The molecule has 6 nitrogen and oxygen atoms in total. The monoisotopic (exact) mass is 476 g/mol. The van der Waals surface area contributed by atoms with Crippen molar-refractivity contribution in [3.63, 3.8) is 0 Å². The van der Waals surface area contributed by atoms with Gasteiger partial charge in [-0.3, -0.25) is 0 Å². The van der Waals surface area contributed by atoms with E-state index in [-0.39, 0.29) is 4.90 Å². The summed E-state index contributed by atoms with van der Waals surface area (Å²) in [6, 6.07) is 3.37. The van der Waals surface area contributed by atoms with E-state index < -0.39 is 34.2 Å². The number of aromatic carboxylic acids is 1. The molecule has 0 aliphatic carbocycles. The van der Waals surface area contributed by atoms with Crippen LogP contribution < -0.4 is 0 Å². The molecule has 8 heteroatoms. The topological polar surface area (TPSA) is 101 Å². The molecule has 0 unspecified atom stereocenters. The Labute approximate surface area is 188 Å². The Morgan fingerprint density at radius 2 is 1.29 bits per heavy atom. The summed E-state index contributed by atoms with van der Waals surface area (Å²) in [7, 11) is -4.19. The molecule has 0 saturated carbocycles. The number of carboxylic acids is 1. The second kappa shape index (κ2) is 12.2. The molecule has 0 aliphatic rings. The third kappa shape index (κ3) is 7.44. The van der Waals surface area contributed by atoms with Gasteiger partial charge in [0.15, 0.2) is 0 Å². The van der Waals surface area contributed by atoms with Crippen LogP contribution in [-0.4, -0.2) is 49.2 Å². The Morgan fingerprint density at radius 1 is 0.871 bits per heavy atom. The fourth-order valence-electron chi connectivity index (χ4n) is 4.21. The van der Waals surface area contributed by atoms with E-state index in [2.05, 4.69) is 27.7 Å². The van der Waals surface area contributed by atoms with Crippen molar-refractivity contribution in [3.8, 4) is 5.75 Å². The van der Waals surface area contributed by atoms with E-state index in [1.54, 1.807) is 0 Å². The minimum absolute atomic E-state index is 0.197. The summed E-state index contributed by atoms with van der Waals surface area (Å²) in [5.41, 5.74) is -0.436. The van der Waals surface area contributed by atoms with Crippen molar-refractivity contribution in [2.75, 3.05) is 24.6 Å². The van der Waals surface area contributed by atoms with Gasteiger partial charge in [-0.05, 0) is 0 Å². The van der Waals surface area contributed by atoms with E-state index in [4.69, 9.17) is 3.97 Å². The first-order valence-corrected chi connectivity index (χ1v) is 15.9. The first-order valence-electron chi connectivity index (χ1n) is 11.6. The van der Waals surface area contributed by atoms with Crippen molar-refractivity contribution in [2.45, 2.75) is 84.0 Å². The van der Waals surface area contributed by atoms with Crippen molar-refractivity contribution < 1.29 is 27.4 Å². The zero-order valence-corrected chi connectivity index (χ0v) is 21.3. The quantitative estimate of drug-likeness (QED) is 0.265. The van der Waals surface area contributed by atoms with Crippen molar-refractivity contribution in [1.82, 2.24) is 0 Å². The van der Waals surface area contributed by atoms with E-state index in [0.29, 0.717) is 0 Å². The molecule has 1 aromatic rings. The van der Waals surface area contributed by atoms with Crippen LogP contribution in [0, 0.1) is 0 Å². The number of phenols is 1. The van der Waals surface area contributed by atoms with E-state index >= 15 is 0 Å². The first-order chi connectivity index (χ1) is 14.6. The molecule has 0 radical (unpaired) electrons. The van der Waals surface area contributed by atoms with Gasteiger partial charge in [-0.1, -0.05) is 0 Å². The van der Waals surface area contributed by atoms with Gasteiger partial charge in [-0.25, -0.2) is 0 Å². The van der Waals surface area contributed by atoms with Crippen LogP contribution >= 0.6 is 6.83 Å². The maximum atomic E-state index is 13.5. The molecule has 1 aromatic carbocycles. The summed E-state index contributed by atoms with van der Waals surface area (Å²) < 4.78 is 33.5. The molecule has 31 heavy (non-hydrogen) atoms. The third-order valence-corrected chi connectivity index (χ3v) is 15.2. The number of rotatable bonds is 16. The average molecular weight is 477 g/mol. The molecule has 180 valence electrons. The van der Waals surface area contributed by atoms with Crippen LogP contribution in [0.15, 0.2) is 23.1 Å². The summed E-state index contributed by atoms with van der Waals surface area (Å²) >= 11 is 0. The molecule has 0 heterocycles. The molecule has 2 N–H and O–H groups in total. The molecular formula is C23H41O6PS. The molecule has 0 fully saturated rings. The predicted molar refractivity (Wildman–Crippen MR) is 129 cm³/mol. The van der Waals surface area contributed by atoms with Gasteiger partial charge >= 0.3 is 188 Å². The molecule has 0 amide bonds. The predicted octanol–water partition coefficient (Wildman–Crippen LogP) is 6.46. The zero-order valence-electron chi connectivity index (χ0n) is 19.6. The molecule has 1 rings (SSSR count). The molecule has 0 atom stereocenters. The van der Waals surface area contributed by atoms with Gasteiger partial charge in [0, 0.05) is 0 Å². The van der Waals surface area contributed by atoms with E-state index in [0.717, 1.165) is 88.1 Å². The van der Waals surface area contributed by atoms with Crippen molar-refractivity contribution in [1.29, 1.82) is 0 Å². The van der Waals surface area contributed by atoms with Crippen LogP contribution in [0.1, 0.15) is 89.4 Å². The van der Waals surface area contributed by atoms with Gasteiger partial charge in [-0.15, -0.1) is 0 Å². The third-order valence-electron chi connectivity index (χ3n) is 6.11. The van der Waals surface area contributed by atoms with Gasteiger partial charge in [0.25, 0.3) is 0 Å². The standard InChI is InChI=1S/C23H41O6PS/c1-5-9-15-30(16-10-6-2,17-11-7-3,18-12-8-4)29-31(27,28)20-13-14-22(24)21(19-20)23(25)26/h13-14,19,24H,5-12,15-18H2,1-4H3,(H,25,26). The summed E-state index contributed by atoms with van der Waals surface area (Å²) in [5.74, 6) is -1.83. The fourth-order valence-corrected chi connectivity index (χ4v) is 14.3. The van der Waals surface area contributed by atoms with E-state index in [1.807, 2.05) is 0 Å². The van der Waals surface area contributed by atoms with Crippen LogP contribution in [0.5, 0.6) is 5.75 Å². The molecule has 0 saturated heterocycles. The number of benzene rings is 1. The second-order valence-corrected chi connectivity index (χ2v) is 16.2. The average Bonchev–Trinajstić information content (AvgIpc) is 2.73. The molecule has 0 aliphatic heterocycles. The summed E-state index contributed by atoms with van der Waals surface area (Å²) in [6.07, 6.45) is 10.7. The second-order valence-electron chi connectivity index (χ2n) is 8.68. The van der Waals surface area contributed by atoms with Gasteiger partial charge < -0.3 is 0 Å². The van der Waals surface area contributed by atoms with Crippen molar-refractivity contribution in [3.05, 3.63) is 23.8 Å². The van der Waals surface area contributed by atoms with Crippen LogP contribution in [0.2, 0.25) is 0 Å². The number of carboxylic acid groups (broad SMARTS) is 1. The Morgan fingerprint density at radius 3 is 1.65 bits per heavy atom. The Balaban J connectivity index is 3.61. The molecule has 0 aromatic heterocycles. The number of hydrogen-bond donors (Lipinski definition) is 2. The SMILES string of the molecule is CCCCP(CCCC)(CCCC)(CCCC)OS(=O)(=O)c1ccc(O)c(C(=O)O)c1. The zero-order chi connectivity index (χ0) is 23.6. The number of carbonyl (C=O) groups is 1. The van der Waals surface area contributed by atoms with Crippen LogP contribution in [0.3, 0.4) is 0 Å². The number of unbranched alkanes of at least 4 members (excludes halogenated alkanes) is 4. The Kier molecular flexibility index (Phi) is 10.9.